The highest BCUT2D eigenvalue weighted by atomic mass is 16.5. The molecular weight excluding hydrogens is 382 g/mol. The van der Waals surface area contributed by atoms with Crippen molar-refractivity contribution in [3.8, 4) is 5.75 Å². The van der Waals surface area contributed by atoms with Gasteiger partial charge in [-0.1, -0.05) is 24.8 Å². The summed E-state index contributed by atoms with van der Waals surface area (Å²) in [6.45, 7) is 4.46. The first-order valence-corrected chi connectivity index (χ1v) is 9.40. The number of imidazole rings is 1. The number of aliphatic imine (C=N–C) groups is 1. The molecule has 3 aromatic rings. The summed E-state index contributed by atoms with van der Waals surface area (Å²) in [5, 5.41) is 9.53. The summed E-state index contributed by atoms with van der Waals surface area (Å²) in [6, 6.07) is 14.1. The van der Waals surface area contributed by atoms with E-state index in [1.54, 1.807) is 29.2 Å². The lowest BCUT2D eigenvalue weighted by molar-refractivity contribution is 0.0213. The number of nitrogens with zero attached hydrogens (tertiary/aromatic N) is 3. The Balaban J connectivity index is 1.51. The normalized spacial score (nSPS) is 15.2. The van der Waals surface area contributed by atoms with Crippen molar-refractivity contribution in [1.29, 1.82) is 0 Å². The van der Waals surface area contributed by atoms with Gasteiger partial charge >= 0.3 is 0 Å². The van der Waals surface area contributed by atoms with Crippen LogP contribution in [0.15, 0.2) is 77.9 Å². The maximum absolute atomic E-state index is 12.7. The van der Waals surface area contributed by atoms with E-state index in [9.17, 15) is 9.90 Å². The van der Waals surface area contributed by atoms with Crippen LogP contribution in [0.25, 0.3) is 11.0 Å². The van der Waals surface area contributed by atoms with Gasteiger partial charge in [-0.3, -0.25) is 4.79 Å². The van der Waals surface area contributed by atoms with Crippen LogP contribution in [0, 0.1) is 0 Å². The maximum Gasteiger partial charge on any atom is 0.234 e. The van der Waals surface area contributed by atoms with Crippen LogP contribution in [0.3, 0.4) is 0 Å². The number of aliphatic hydroxyl groups excluding tert-OH is 1. The summed E-state index contributed by atoms with van der Waals surface area (Å²) in [6.07, 6.45) is 2.63. The number of aromatic amines is 1. The minimum absolute atomic E-state index is 0.0939. The first-order chi connectivity index (χ1) is 14.5. The molecule has 4 N–H and O–H groups in total. The molecule has 0 radical (unpaired) electrons. The zero-order valence-corrected chi connectivity index (χ0v) is 16.2. The third kappa shape index (κ3) is 3.94. The van der Waals surface area contributed by atoms with Crippen LogP contribution in [-0.2, 0) is 0 Å². The Labute approximate surface area is 173 Å². The quantitative estimate of drug-likeness (QED) is 0.316. The van der Waals surface area contributed by atoms with E-state index in [0.717, 1.165) is 11.0 Å². The lowest BCUT2D eigenvalue weighted by atomic mass is 10.1. The number of likely N-dealkylation sites (tertiary alicyclic amines) is 1. The number of aliphatic hydroxyl groups is 1. The third-order valence-corrected chi connectivity index (χ3v) is 4.63. The van der Waals surface area contributed by atoms with Crippen molar-refractivity contribution in [2.75, 3.05) is 13.1 Å². The molecule has 8 heteroatoms. The van der Waals surface area contributed by atoms with E-state index >= 15 is 0 Å². The minimum Gasteiger partial charge on any atom is -0.438 e. The van der Waals surface area contributed by atoms with E-state index in [1.165, 1.54) is 12.3 Å². The molecule has 1 fully saturated rings. The molecule has 0 spiro atoms. The first-order valence-electron chi connectivity index (χ1n) is 9.40. The van der Waals surface area contributed by atoms with Gasteiger partial charge in [-0.05, 0) is 36.4 Å². The molecule has 152 valence electrons. The number of nitrogens with one attached hydrogen (secondary N) is 1. The van der Waals surface area contributed by atoms with Crippen molar-refractivity contribution in [2.24, 2.45) is 10.7 Å². The Bertz CT molecular complexity index is 1110. The third-order valence-electron chi connectivity index (χ3n) is 4.63. The fourth-order valence-electron chi connectivity index (χ4n) is 3.10. The predicted octanol–water partition coefficient (Wildman–Crippen LogP) is 2.19. The minimum atomic E-state index is -0.407. The van der Waals surface area contributed by atoms with Gasteiger partial charge in [0.1, 0.15) is 5.75 Å². The van der Waals surface area contributed by atoms with E-state index < -0.39 is 6.10 Å². The average Bonchev–Trinajstić information content (AvgIpc) is 3.17. The number of β-amino-alcohol motifs (C(OH)–C–C–N with tert-alkyl or cyclic N) is 1. The zero-order chi connectivity index (χ0) is 21.1. The summed E-state index contributed by atoms with van der Waals surface area (Å²) in [7, 11) is 0. The molecular formula is C22H21N5O3. The molecule has 2 aromatic carbocycles. The van der Waals surface area contributed by atoms with Crippen molar-refractivity contribution < 1.29 is 14.6 Å². The van der Waals surface area contributed by atoms with Crippen LogP contribution in [0.5, 0.6) is 5.75 Å². The molecule has 1 saturated heterocycles. The molecule has 0 saturated carbocycles. The molecule has 2 heterocycles. The fraction of sp³-hybridized carbons (Fsp3) is 0.136. The zero-order valence-electron chi connectivity index (χ0n) is 16.2. The van der Waals surface area contributed by atoms with Crippen LogP contribution < -0.4 is 10.5 Å². The summed E-state index contributed by atoms with van der Waals surface area (Å²) in [5.41, 5.74) is 8.10. The number of fused-ring (bicyclic) bond motifs is 1. The number of nitrogens with two attached hydrogens (primary N) is 1. The molecule has 30 heavy (non-hydrogen) atoms. The highest BCUT2D eigenvalue weighted by Gasteiger charge is 2.28. The molecule has 0 atom stereocenters. The van der Waals surface area contributed by atoms with E-state index in [-0.39, 0.29) is 17.5 Å². The van der Waals surface area contributed by atoms with E-state index in [4.69, 9.17) is 10.5 Å². The molecule has 1 aliphatic heterocycles. The van der Waals surface area contributed by atoms with E-state index in [1.807, 2.05) is 24.3 Å². The van der Waals surface area contributed by atoms with Gasteiger partial charge < -0.3 is 25.5 Å². The Morgan fingerprint density at radius 1 is 1.27 bits per heavy atom. The molecule has 4 rings (SSSR count). The highest BCUT2D eigenvalue weighted by Crippen LogP contribution is 2.22. The number of hydrogen-bond donors (Lipinski definition) is 3. The number of H-pyrrole nitrogens is 1. The number of carbonyl (C=O) groups is 1. The van der Waals surface area contributed by atoms with Crippen LogP contribution in [0.4, 0.5) is 0 Å². The summed E-state index contributed by atoms with van der Waals surface area (Å²) < 4.78 is 5.71. The van der Waals surface area contributed by atoms with Crippen LogP contribution in [-0.4, -0.2) is 51.2 Å². The highest BCUT2D eigenvalue weighted by molar-refractivity contribution is 6.08. The Morgan fingerprint density at radius 2 is 2.00 bits per heavy atom. The van der Waals surface area contributed by atoms with Gasteiger partial charge in [-0.25, -0.2) is 9.98 Å². The molecule has 0 bridgehead atoms. The fourth-order valence-corrected chi connectivity index (χ4v) is 3.10. The van der Waals surface area contributed by atoms with Crippen molar-refractivity contribution in [3.63, 3.8) is 0 Å². The number of aromatic nitrogens is 2. The summed E-state index contributed by atoms with van der Waals surface area (Å²) in [4.78, 5) is 26.1. The Kier molecular flexibility index (Phi) is 5.32. The van der Waals surface area contributed by atoms with Crippen LogP contribution in [0.2, 0.25) is 0 Å². The Morgan fingerprint density at radius 3 is 2.67 bits per heavy atom. The SMILES string of the molecule is C=C/C=N\C(=C(/N)Oc1ccc(C(=O)c2nc3ccccc3[nH]2)cc1)N1CC(O)C1. The standard InChI is InChI=1S/C22H21N5O3/c1-2-11-24-22(27-12-15(28)13-27)20(23)30-16-9-7-14(8-10-16)19(29)21-25-17-5-3-4-6-18(17)26-21/h2-11,15,28H,1,12-13,23H2,(H,25,26)/b22-20-,24-11-. The van der Waals surface area contributed by atoms with Gasteiger partial charge in [0.15, 0.2) is 11.6 Å². The number of para-hydroxylation sites is 2. The monoisotopic (exact) mass is 403 g/mol. The molecule has 1 aliphatic rings. The second kappa shape index (κ2) is 8.22. The second-order valence-electron chi connectivity index (χ2n) is 6.82. The largest absolute Gasteiger partial charge is 0.438 e. The van der Waals surface area contributed by atoms with Crippen LogP contribution in [0.1, 0.15) is 16.2 Å². The number of benzene rings is 2. The predicted molar refractivity (Wildman–Crippen MR) is 114 cm³/mol. The van der Waals surface area contributed by atoms with Crippen molar-refractivity contribution in [1.82, 2.24) is 14.9 Å². The maximum atomic E-state index is 12.7. The second-order valence-corrected chi connectivity index (χ2v) is 6.82. The smallest absolute Gasteiger partial charge is 0.234 e. The van der Waals surface area contributed by atoms with Crippen molar-refractivity contribution in [2.45, 2.75) is 6.10 Å². The van der Waals surface area contributed by atoms with E-state index in [2.05, 4.69) is 21.5 Å². The molecule has 0 unspecified atom stereocenters. The van der Waals surface area contributed by atoms with Gasteiger partial charge in [-0.2, -0.15) is 0 Å². The summed E-state index contributed by atoms with van der Waals surface area (Å²) in [5.74, 6) is 1.04. The number of allylic oxidation sites excluding steroid dienone is 1. The number of rotatable bonds is 7. The molecule has 0 amide bonds. The molecule has 0 aliphatic carbocycles. The van der Waals surface area contributed by atoms with Crippen molar-refractivity contribution >= 4 is 23.0 Å². The topological polar surface area (TPSA) is 117 Å². The van der Waals surface area contributed by atoms with Gasteiger partial charge in [0.05, 0.1) is 17.1 Å². The molecule has 1 aromatic heterocycles. The lowest BCUT2D eigenvalue weighted by Gasteiger charge is -2.37. The van der Waals surface area contributed by atoms with Gasteiger partial charge in [0.2, 0.25) is 11.7 Å². The van der Waals surface area contributed by atoms with Gasteiger partial charge in [-0.15, -0.1) is 0 Å². The first kappa shape index (κ1) is 19.4. The number of carbonyl (C=O) groups excluding carboxylic acids is 1. The average molecular weight is 403 g/mol. The van der Waals surface area contributed by atoms with E-state index in [0.29, 0.717) is 30.2 Å². The lowest BCUT2D eigenvalue weighted by Crippen LogP contribution is -2.50. The number of ether oxygens (including phenoxy) is 1. The van der Waals surface area contributed by atoms with Crippen molar-refractivity contribution in [3.05, 3.63) is 84.3 Å². The Hall–Kier alpha value is -3.91. The molecule has 8 nitrogen and oxygen atoms in total. The number of ketones is 1. The number of hydrogen-bond acceptors (Lipinski definition) is 7. The van der Waals surface area contributed by atoms with Gasteiger partial charge in [0, 0.05) is 24.9 Å². The summed E-state index contributed by atoms with van der Waals surface area (Å²) >= 11 is 0. The van der Waals surface area contributed by atoms with Gasteiger partial charge in [0.25, 0.3) is 0 Å². The van der Waals surface area contributed by atoms with Crippen LogP contribution >= 0.6 is 0 Å².